The van der Waals surface area contributed by atoms with Crippen LogP contribution in [-0.2, 0) is 22.0 Å². The number of hydrogen-bond donors (Lipinski definition) is 2. The van der Waals surface area contributed by atoms with E-state index in [9.17, 15) is 14.3 Å². The Morgan fingerprint density at radius 1 is 1.39 bits per heavy atom. The number of amides is 1. The Hall–Kier alpha value is -2.01. The maximum absolute atomic E-state index is 12.6. The van der Waals surface area contributed by atoms with E-state index in [0.29, 0.717) is 18.4 Å². The second-order valence-electron chi connectivity index (χ2n) is 7.56. The molecule has 1 aromatic carbocycles. The van der Waals surface area contributed by atoms with Gasteiger partial charge >= 0.3 is 0 Å². The topological polar surface area (TPSA) is 82.0 Å². The number of nitriles is 1. The number of carbonyl (C=O) groups is 1. The minimum absolute atomic E-state index is 0.0475. The lowest BCUT2D eigenvalue weighted by Gasteiger charge is -2.23. The summed E-state index contributed by atoms with van der Waals surface area (Å²) < 4.78 is 11.7. The van der Waals surface area contributed by atoms with Gasteiger partial charge in [0.1, 0.15) is 6.04 Å². The first kappa shape index (κ1) is 19.3. The maximum atomic E-state index is 12.6. The van der Waals surface area contributed by atoms with E-state index in [2.05, 4.69) is 16.7 Å². The van der Waals surface area contributed by atoms with Crippen LogP contribution in [0.25, 0.3) is 10.4 Å². The Labute approximate surface area is 171 Å². The molecule has 4 rings (SSSR count). The van der Waals surface area contributed by atoms with Crippen LogP contribution in [0.1, 0.15) is 24.1 Å². The van der Waals surface area contributed by atoms with Crippen LogP contribution < -0.4 is 10.6 Å². The number of rotatable bonds is 6. The van der Waals surface area contributed by atoms with Gasteiger partial charge in [0.25, 0.3) is 0 Å². The van der Waals surface area contributed by atoms with Crippen LogP contribution in [-0.4, -0.2) is 34.5 Å². The number of carbonyl (C=O) groups excluding carboxylic acids is 1. The van der Waals surface area contributed by atoms with E-state index >= 15 is 0 Å². The summed E-state index contributed by atoms with van der Waals surface area (Å²) in [4.78, 5) is 15.5. The quantitative estimate of drug-likeness (QED) is 0.763. The average Bonchev–Trinajstić information content (AvgIpc) is 3.44. The average molecular weight is 414 g/mol. The Balaban J connectivity index is 1.41. The van der Waals surface area contributed by atoms with Crippen LogP contribution in [0.2, 0.25) is 0 Å². The molecule has 5 atom stereocenters. The third-order valence-corrected chi connectivity index (χ3v) is 7.71. The van der Waals surface area contributed by atoms with Gasteiger partial charge in [-0.05, 0) is 55.0 Å². The van der Waals surface area contributed by atoms with Crippen molar-refractivity contribution in [3.8, 4) is 16.5 Å². The van der Waals surface area contributed by atoms with Crippen LogP contribution in [0, 0.1) is 17.2 Å². The van der Waals surface area contributed by atoms with Gasteiger partial charge in [0.15, 0.2) is 0 Å². The molecule has 2 bridgehead atoms. The summed E-state index contributed by atoms with van der Waals surface area (Å²) >= 11 is 1.60. The lowest BCUT2D eigenvalue weighted by Crippen LogP contribution is -2.50. The van der Waals surface area contributed by atoms with Gasteiger partial charge in [0.2, 0.25) is 5.91 Å². The van der Waals surface area contributed by atoms with Crippen molar-refractivity contribution < 1.29 is 9.00 Å². The molecule has 1 saturated carbocycles. The molecule has 2 N–H and O–H groups in total. The fourth-order valence-corrected chi connectivity index (χ4v) is 5.83. The molecule has 5 nitrogen and oxygen atoms in total. The number of hydrogen-bond acceptors (Lipinski definition) is 5. The number of fused-ring (bicyclic) bond motifs is 2. The molecule has 0 spiro atoms. The summed E-state index contributed by atoms with van der Waals surface area (Å²) in [5, 5.41) is 15.8. The highest BCUT2D eigenvalue weighted by atomic mass is 32.2. The van der Waals surface area contributed by atoms with Crippen LogP contribution in [0.5, 0.6) is 0 Å². The minimum atomic E-state index is -1.02. The van der Waals surface area contributed by atoms with E-state index in [4.69, 9.17) is 0 Å². The highest BCUT2D eigenvalue weighted by molar-refractivity contribution is 7.84. The Morgan fingerprint density at radius 3 is 2.93 bits per heavy atom. The molecule has 1 aliphatic heterocycles. The predicted molar refractivity (Wildman–Crippen MR) is 111 cm³/mol. The molecule has 146 valence electrons. The molecule has 2 fully saturated rings. The van der Waals surface area contributed by atoms with Crippen molar-refractivity contribution >= 4 is 28.0 Å². The molecule has 7 heteroatoms. The predicted octanol–water partition coefficient (Wildman–Crippen LogP) is 2.84. The van der Waals surface area contributed by atoms with Crippen LogP contribution in [0.4, 0.5) is 0 Å². The lowest BCUT2D eigenvalue weighted by atomic mass is 9.99. The van der Waals surface area contributed by atoms with Gasteiger partial charge in [-0.25, -0.2) is 0 Å². The standard InChI is InChI=1S/C21H23N3O2S2/c1-28(26)18-4-2-3-13(10-18)19-8-7-17(27-19)11-16(12-22)24-21(25)20-14-5-6-15(9-14)23-20/h2-4,7-8,10,14-16,20,23H,5-6,9,11H2,1H3,(H,24,25)/t14?,15?,16-,20?,28?/m0/s1. The van der Waals surface area contributed by atoms with E-state index in [1.165, 1.54) is 0 Å². The van der Waals surface area contributed by atoms with E-state index in [-0.39, 0.29) is 11.9 Å². The normalized spacial score (nSPS) is 25.2. The maximum Gasteiger partial charge on any atom is 0.238 e. The number of nitrogens with one attached hydrogen (secondary N) is 2. The number of benzene rings is 1. The molecule has 1 aliphatic carbocycles. The highest BCUT2D eigenvalue weighted by Gasteiger charge is 2.43. The second-order valence-corrected chi connectivity index (χ2v) is 10.1. The van der Waals surface area contributed by atoms with Crippen molar-refractivity contribution in [3.63, 3.8) is 0 Å². The van der Waals surface area contributed by atoms with Crippen molar-refractivity contribution in [1.29, 1.82) is 5.26 Å². The van der Waals surface area contributed by atoms with E-state index < -0.39 is 16.8 Å². The summed E-state index contributed by atoms with van der Waals surface area (Å²) in [6.45, 7) is 0. The van der Waals surface area contributed by atoms with Gasteiger partial charge in [-0.15, -0.1) is 11.3 Å². The number of thiophene rings is 1. The Bertz CT molecular complexity index is 949. The number of nitrogens with zero attached hydrogens (tertiary/aromatic N) is 1. The lowest BCUT2D eigenvalue weighted by molar-refractivity contribution is -0.124. The van der Waals surface area contributed by atoms with E-state index in [1.807, 2.05) is 36.4 Å². The van der Waals surface area contributed by atoms with Gasteiger partial charge in [-0.3, -0.25) is 9.00 Å². The monoisotopic (exact) mass is 413 g/mol. The summed E-state index contributed by atoms with van der Waals surface area (Å²) in [6, 6.07) is 13.7. The van der Waals surface area contributed by atoms with Crippen molar-refractivity contribution in [2.45, 2.75) is 48.7 Å². The Morgan fingerprint density at radius 2 is 2.25 bits per heavy atom. The zero-order valence-corrected chi connectivity index (χ0v) is 17.3. The van der Waals surface area contributed by atoms with Crippen molar-refractivity contribution in [2.24, 2.45) is 5.92 Å². The SMILES string of the molecule is CS(=O)c1cccc(-c2ccc(C[C@@H](C#N)NC(=O)C3NC4CCC3C4)s2)c1. The van der Waals surface area contributed by atoms with E-state index in [0.717, 1.165) is 39.5 Å². The van der Waals surface area contributed by atoms with Gasteiger partial charge in [-0.1, -0.05) is 12.1 Å². The summed E-state index contributed by atoms with van der Waals surface area (Å²) in [5.74, 6) is 0.364. The zero-order valence-electron chi connectivity index (χ0n) is 15.7. The van der Waals surface area contributed by atoms with Gasteiger partial charge < -0.3 is 10.6 Å². The van der Waals surface area contributed by atoms with Gasteiger partial charge in [-0.2, -0.15) is 5.26 Å². The fraction of sp³-hybridized carbons (Fsp3) is 0.429. The first-order valence-electron chi connectivity index (χ1n) is 9.52. The molecule has 2 aliphatic rings. The molecule has 28 heavy (non-hydrogen) atoms. The van der Waals surface area contributed by atoms with Gasteiger partial charge in [0.05, 0.1) is 12.1 Å². The zero-order chi connectivity index (χ0) is 19.7. The fourth-order valence-electron chi connectivity index (χ4n) is 4.21. The third kappa shape index (κ3) is 4.04. The summed E-state index contributed by atoms with van der Waals surface area (Å²) in [5.41, 5.74) is 1.02. The molecule has 2 heterocycles. The molecule has 2 aromatic rings. The molecule has 1 amide bonds. The summed E-state index contributed by atoms with van der Waals surface area (Å²) in [7, 11) is -1.02. The third-order valence-electron chi connectivity index (χ3n) is 5.63. The van der Waals surface area contributed by atoms with E-state index in [1.54, 1.807) is 17.6 Å². The van der Waals surface area contributed by atoms with Crippen molar-refractivity contribution in [2.75, 3.05) is 6.26 Å². The first-order valence-corrected chi connectivity index (χ1v) is 11.9. The van der Waals surface area contributed by atoms with Crippen molar-refractivity contribution in [1.82, 2.24) is 10.6 Å². The largest absolute Gasteiger partial charge is 0.339 e. The highest BCUT2D eigenvalue weighted by Crippen LogP contribution is 2.35. The minimum Gasteiger partial charge on any atom is -0.339 e. The van der Waals surface area contributed by atoms with Gasteiger partial charge in [0, 0.05) is 44.2 Å². The van der Waals surface area contributed by atoms with Crippen LogP contribution >= 0.6 is 11.3 Å². The first-order chi connectivity index (χ1) is 13.5. The smallest absolute Gasteiger partial charge is 0.238 e. The van der Waals surface area contributed by atoms with Crippen LogP contribution in [0.15, 0.2) is 41.3 Å². The second kappa shape index (κ2) is 8.16. The molecular formula is C21H23N3O2S2. The molecule has 0 radical (unpaired) electrons. The molecular weight excluding hydrogens is 390 g/mol. The van der Waals surface area contributed by atoms with Crippen LogP contribution in [0.3, 0.4) is 0 Å². The molecule has 1 aromatic heterocycles. The summed E-state index contributed by atoms with van der Waals surface area (Å²) in [6.07, 6.45) is 5.49. The molecule has 4 unspecified atom stereocenters. The molecule has 1 saturated heterocycles. The Kier molecular flexibility index (Phi) is 5.63. The number of piperidine rings is 1. The van der Waals surface area contributed by atoms with Crippen molar-refractivity contribution in [3.05, 3.63) is 41.3 Å².